The van der Waals surface area contributed by atoms with Gasteiger partial charge in [-0.15, -0.1) is 0 Å². The largest absolute Gasteiger partial charge is 0.493 e. The lowest BCUT2D eigenvalue weighted by Crippen LogP contribution is -2.44. The van der Waals surface area contributed by atoms with Crippen LogP contribution in [0.15, 0.2) is 47.4 Å². The van der Waals surface area contributed by atoms with E-state index < -0.39 is 5.91 Å². The lowest BCUT2D eigenvalue weighted by atomic mass is 10.1. The molecule has 0 unspecified atom stereocenters. The van der Waals surface area contributed by atoms with Gasteiger partial charge >= 0.3 is 0 Å². The maximum atomic E-state index is 12.8. The Morgan fingerprint density at radius 2 is 1.87 bits per heavy atom. The number of thioether (sulfide) groups is 1. The first-order valence-corrected chi connectivity index (χ1v) is 10.5. The average Bonchev–Trinajstić information content (AvgIpc) is 2.96. The molecule has 0 radical (unpaired) electrons. The summed E-state index contributed by atoms with van der Waals surface area (Å²) in [5, 5.41) is 1.10. The SMILES string of the molecule is COc1cc(/C=C2\SC(=S)N(NC(=O)c3ccc(C)cc3)C2=O)ccc1OC(C)C. The van der Waals surface area contributed by atoms with Gasteiger partial charge in [0, 0.05) is 5.56 Å². The molecule has 1 saturated heterocycles. The Morgan fingerprint density at radius 3 is 2.50 bits per heavy atom. The van der Waals surface area contributed by atoms with E-state index in [-0.39, 0.29) is 16.3 Å². The summed E-state index contributed by atoms with van der Waals surface area (Å²) in [4.78, 5) is 25.6. The monoisotopic (exact) mass is 442 g/mol. The van der Waals surface area contributed by atoms with Gasteiger partial charge in [0.25, 0.3) is 11.8 Å². The third kappa shape index (κ3) is 5.01. The third-order valence-electron chi connectivity index (χ3n) is 4.17. The topological polar surface area (TPSA) is 67.9 Å². The molecule has 0 bridgehead atoms. The van der Waals surface area contributed by atoms with Crippen molar-refractivity contribution in [1.82, 2.24) is 10.4 Å². The molecular formula is C22H22N2O4S2. The first-order chi connectivity index (χ1) is 14.3. The minimum absolute atomic E-state index is 0.0122. The minimum Gasteiger partial charge on any atom is -0.493 e. The van der Waals surface area contributed by atoms with Gasteiger partial charge in [0.05, 0.1) is 18.1 Å². The van der Waals surface area contributed by atoms with Crippen molar-refractivity contribution < 1.29 is 19.1 Å². The number of nitrogens with zero attached hydrogens (tertiary/aromatic N) is 1. The van der Waals surface area contributed by atoms with Crippen LogP contribution in [0.5, 0.6) is 11.5 Å². The number of hydrazine groups is 1. The predicted octanol–water partition coefficient (Wildman–Crippen LogP) is 4.34. The van der Waals surface area contributed by atoms with Crippen LogP contribution in [0, 0.1) is 6.92 Å². The molecule has 2 aromatic rings. The Bertz CT molecular complexity index is 1020. The maximum Gasteiger partial charge on any atom is 0.285 e. The molecule has 0 spiro atoms. The number of aryl methyl sites for hydroxylation is 1. The number of nitrogens with one attached hydrogen (secondary N) is 1. The second kappa shape index (κ2) is 9.32. The normalized spacial score (nSPS) is 15.1. The highest BCUT2D eigenvalue weighted by molar-refractivity contribution is 8.26. The fraction of sp³-hybridized carbons (Fsp3) is 0.227. The highest BCUT2D eigenvalue weighted by atomic mass is 32.2. The highest BCUT2D eigenvalue weighted by Crippen LogP contribution is 2.34. The molecule has 1 aliphatic heterocycles. The molecule has 1 heterocycles. The van der Waals surface area contributed by atoms with E-state index in [0.717, 1.165) is 27.9 Å². The standard InChI is InChI=1S/C22H22N2O4S2/c1-13(2)28-17-10-7-15(11-18(17)27-4)12-19-21(26)24(22(29)30-19)23-20(25)16-8-5-14(3)6-9-16/h5-13H,1-4H3,(H,23,25)/b19-12-. The zero-order valence-corrected chi connectivity index (χ0v) is 18.7. The lowest BCUT2D eigenvalue weighted by Gasteiger charge is -2.15. The number of ether oxygens (including phenoxy) is 2. The Kier molecular flexibility index (Phi) is 6.79. The van der Waals surface area contributed by atoms with Gasteiger partial charge in [0.2, 0.25) is 0 Å². The number of carbonyl (C=O) groups excluding carboxylic acids is 2. The highest BCUT2D eigenvalue weighted by Gasteiger charge is 2.33. The fourth-order valence-electron chi connectivity index (χ4n) is 2.71. The Morgan fingerprint density at radius 1 is 1.17 bits per heavy atom. The minimum atomic E-state index is -0.399. The second-order valence-electron chi connectivity index (χ2n) is 6.90. The van der Waals surface area contributed by atoms with Gasteiger partial charge in [0.1, 0.15) is 0 Å². The number of rotatable bonds is 6. The number of methoxy groups -OCH3 is 1. The smallest absolute Gasteiger partial charge is 0.285 e. The number of hydrogen-bond donors (Lipinski definition) is 1. The molecule has 1 fully saturated rings. The molecule has 6 nitrogen and oxygen atoms in total. The van der Waals surface area contributed by atoms with Crippen molar-refractivity contribution in [3.8, 4) is 11.5 Å². The van der Waals surface area contributed by atoms with Crippen LogP contribution in [0.1, 0.15) is 35.3 Å². The number of thiocarbonyl (C=S) groups is 1. The van der Waals surface area contributed by atoms with Crippen LogP contribution in [0.2, 0.25) is 0 Å². The number of hydrogen-bond acceptors (Lipinski definition) is 6. The van der Waals surface area contributed by atoms with Crippen molar-refractivity contribution in [2.75, 3.05) is 7.11 Å². The summed E-state index contributed by atoms with van der Waals surface area (Å²) in [5.74, 6) is 0.416. The molecule has 0 atom stereocenters. The summed E-state index contributed by atoms with van der Waals surface area (Å²) >= 11 is 6.41. The molecule has 0 aromatic heterocycles. The lowest BCUT2D eigenvalue weighted by molar-refractivity contribution is -0.123. The van der Waals surface area contributed by atoms with E-state index in [4.69, 9.17) is 21.7 Å². The first kappa shape index (κ1) is 21.9. The van der Waals surface area contributed by atoms with Crippen molar-refractivity contribution in [2.45, 2.75) is 26.9 Å². The van der Waals surface area contributed by atoms with Gasteiger partial charge in [-0.3, -0.25) is 15.0 Å². The Hall–Kier alpha value is -2.84. The van der Waals surface area contributed by atoms with E-state index >= 15 is 0 Å². The molecule has 1 aliphatic rings. The molecule has 2 amide bonds. The summed E-state index contributed by atoms with van der Waals surface area (Å²) in [6.07, 6.45) is 1.72. The van der Waals surface area contributed by atoms with Crippen LogP contribution in [-0.2, 0) is 4.79 Å². The van der Waals surface area contributed by atoms with Crippen LogP contribution in [0.4, 0.5) is 0 Å². The van der Waals surface area contributed by atoms with E-state index in [1.165, 1.54) is 0 Å². The van der Waals surface area contributed by atoms with Gasteiger partial charge in [-0.25, -0.2) is 0 Å². The molecule has 8 heteroatoms. The molecule has 0 saturated carbocycles. The van der Waals surface area contributed by atoms with Crippen molar-refractivity contribution >= 4 is 46.2 Å². The predicted molar refractivity (Wildman–Crippen MR) is 122 cm³/mol. The van der Waals surface area contributed by atoms with E-state index in [1.54, 1.807) is 37.5 Å². The van der Waals surface area contributed by atoms with Gasteiger partial charge in [-0.05, 0) is 68.9 Å². The number of amides is 2. The van der Waals surface area contributed by atoms with Gasteiger partial charge in [0.15, 0.2) is 15.8 Å². The molecular weight excluding hydrogens is 420 g/mol. The fourth-order valence-corrected chi connectivity index (χ4v) is 3.89. The zero-order chi connectivity index (χ0) is 21.8. The van der Waals surface area contributed by atoms with Crippen LogP contribution < -0.4 is 14.9 Å². The number of benzene rings is 2. The Balaban J connectivity index is 1.77. The summed E-state index contributed by atoms with van der Waals surface area (Å²) in [6.45, 7) is 5.80. The summed E-state index contributed by atoms with van der Waals surface area (Å²) in [7, 11) is 1.56. The summed E-state index contributed by atoms with van der Waals surface area (Å²) in [6, 6.07) is 12.5. The molecule has 30 heavy (non-hydrogen) atoms. The van der Waals surface area contributed by atoms with E-state index in [9.17, 15) is 9.59 Å². The zero-order valence-electron chi connectivity index (χ0n) is 17.1. The van der Waals surface area contributed by atoms with Crippen molar-refractivity contribution in [2.24, 2.45) is 0 Å². The quantitative estimate of drug-likeness (QED) is 0.530. The van der Waals surface area contributed by atoms with E-state index in [0.29, 0.717) is 22.0 Å². The number of carbonyl (C=O) groups is 2. The Labute approximate surface area is 185 Å². The van der Waals surface area contributed by atoms with Crippen LogP contribution in [-0.4, -0.2) is 34.4 Å². The van der Waals surface area contributed by atoms with E-state index in [2.05, 4.69) is 5.43 Å². The molecule has 2 aromatic carbocycles. The second-order valence-corrected chi connectivity index (χ2v) is 8.58. The van der Waals surface area contributed by atoms with E-state index in [1.807, 2.05) is 39.0 Å². The summed E-state index contributed by atoms with van der Waals surface area (Å²) in [5.41, 5.74) is 4.83. The molecule has 1 N–H and O–H groups in total. The van der Waals surface area contributed by atoms with Crippen LogP contribution >= 0.6 is 24.0 Å². The molecule has 3 rings (SSSR count). The van der Waals surface area contributed by atoms with Crippen molar-refractivity contribution in [1.29, 1.82) is 0 Å². The average molecular weight is 443 g/mol. The van der Waals surface area contributed by atoms with Crippen molar-refractivity contribution in [3.63, 3.8) is 0 Å². The van der Waals surface area contributed by atoms with Crippen LogP contribution in [0.25, 0.3) is 6.08 Å². The molecule has 156 valence electrons. The third-order valence-corrected chi connectivity index (χ3v) is 5.47. The van der Waals surface area contributed by atoms with Gasteiger partial charge in [-0.1, -0.05) is 35.5 Å². The molecule has 0 aliphatic carbocycles. The maximum absolute atomic E-state index is 12.8. The van der Waals surface area contributed by atoms with Crippen LogP contribution in [0.3, 0.4) is 0 Å². The van der Waals surface area contributed by atoms with Gasteiger partial charge in [-0.2, -0.15) is 5.01 Å². The van der Waals surface area contributed by atoms with Crippen molar-refractivity contribution in [3.05, 3.63) is 64.1 Å². The first-order valence-electron chi connectivity index (χ1n) is 9.29. The summed E-state index contributed by atoms with van der Waals surface area (Å²) < 4.78 is 11.4. The van der Waals surface area contributed by atoms with Gasteiger partial charge < -0.3 is 9.47 Å².